The van der Waals surface area contributed by atoms with Crippen LogP contribution in [0.15, 0.2) is 17.6 Å². The molecule has 2 aromatic rings. The fourth-order valence-corrected chi connectivity index (χ4v) is 5.34. The predicted molar refractivity (Wildman–Crippen MR) is 94.2 cm³/mol. The minimum Gasteiger partial charge on any atom is -0.480 e. The first-order chi connectivity index (χ1) is 12.0. The van der Waals surface area contributed by atoms with Gasteiger partial charge in [-0.15, -0.1) is 11.3 Å². The Kier molecular flexibility index (Phi) is 3.91. The fourth-order valence-electron chi connectivity index (χ4n) is 4.59. The lowest BCUT2D eigenvalue weighted by atomic mass is 9.94. The Labute approximate surface area is 150 Å². The van der Waals surface area contributed by atoms with Crippen LogP contribution in [0.2, 0.25) is 0 Å². The number of carbonyl (C=O) groups excluding carboxylic acids is 1. The number of carboxylic acid groups (broad SMARTS) is 1. The monoisotopic (exact) mass is 359 g/mol. The van der Waals surface area contributed by atoms with Crippen molar-refractivity contribution in [2.24, 2.45) is 11.8 Å². The molecule has 132 valence electrons. The molecule has 1 N–H and O–H groups in total. The van der Waals surface area contributed by atoms with Crippen LogP contribution in [0.4, 0.5) is 0 Å². The van der Waals surface area contributed by atoms with E-state index < -0.39 is 12.0 Å². The first kappa shape index (κ1) is 16.3. The summed E-state index contributed by atoms with van der Waals surface area (Å²) in [5, 5.41) is 12.4. The maximum absolute atomic E-state index is 13.2. The number of nitrogens with zero attached hydrogens (tertiary/aromatic N) is 3. The molecule has 1 saturated carbocycles. The highest BCUT2D eigenvalue weighted by atomic mass is 32.1. The number of fused-ring (bicyclic) bond motifs is 1. The molecule has 2 aromatic heterocycles. The van der Waals surface area contributed by atoms with Crippen molar-refractivity contribution in [3.05, 3.63) is 34.6 Å². The Hall–Kier alpha value is -2.15. The molecule has 3 atom stereocenters. The summed E-state index contributed by atoms with van der Waals surface area (Å²) in [6.45, 7) is 4.40. The summed E-state index contributed by atoms with van der Waals surface area (Å²) >= 11 is 1.51. The van der Waals surface area contributed by atoms with Crippen LogP contribution in [0.25, 0.3) is 5.13 Å². The number of amides is 1. The minimum absolute atomic E-state index is 0.101. The highest BCUT2D eigenvalue weighted by molar-refractivity contribution is 7.12. The van der Waals surface area contributed by atoms with Gasteiger partial charge >= 0.3 is 5.97 Å². The number of aromatic nitrogens is 2. The molecule has 2 fully saturated rings. The number of rotatable bonds is 3. The van der Waals surface area contributed by atoms with Gasteiger partial charge in [0.2, 0.25) is 0 Å². The SMILES string of the molecule is Cc1cc(C(=O)N2CC3CCCC3C2C(=O)O)c(C)n1-c1nccs1. The molecule has 0 radical (unpaired) electrons. The number of carbonyl (C=O) groups is 2. The molecule has 1 aliphatic heterocycles. The quantitative estimate of drug-likeness (QED) is 0.914. The van der Waals surface area contributed by atoms with E-state index in [0.29, 0.717) is 18.0 Å². The summed E-state index contributed by atoms with van der Waals surface area (Å²) < 4.78 is 1.96. The zero-order chi connectivity index (χ0) is 17.7. The Morgan fingerprint density at radius 2 is 2.12 bits per heavy atom. The maximum Gasteiger partial charge on any atom is 0.326 e. The second-order valence-electron chi connectivity index (χ2n) is 7.03. The molecule has 3 heterocycles. The number of hydrogen-bond donors (Lipinski definition) is 1. The van der Waals surface area contributed by atoms with Crippen molar-refractivity contribution in [2.75, 3.05) is 6.54 Å². The summed E-state index contributed by atoms with van der Waals surface area (Å²) in [6, 6.07) is 1.16. The smallest absolute Gasteiger partial charge is 0.326 e. The largest absolute Gasteiger partial charge is 0.480 e. The highest BCUT2D eigenvalue weighted by Gasteiger charge is 2.49. The average Bonchev–Trinajstić information content (AvgIpc) is 3.29. The van der Waals surface area contributed by atoms with E-state index in [1.165, 1.54) is 11.3 Å². The van der Waals surface area contributed by atoms with E-state index in [1.807, 2.05) is 29.9 Å². The van der Waals surface area contributed by atoms with Crippen LogP contribution in [0.1, 0.15) is 41.0 Å². The van der Waals surface area contributed by atoms with Crippen molar-refractivity contribution < 1.29 is 14.7 Å². The first-order valence-corrected chi connectivity index (χ1v) is 9.49. The van der Waals surface area contributed by atoms with E-state index in [2.05, 4.69) is 4.98 Å². The van der Waals surface area contributed by atoms with Gasteiger partial charge in [-0.25, -0.2) is 9.78 Å². The molecular weight excluding hydrogens is 338 g/mol. The lowest BCUT2D eigenvalue weighted by molar-refractivity contribution is -0.142. The van der Waals surface area contributed by atoms with Crippen LogP contribution < -0.4 is 0 Å². The van der Waals surface area contributed by atoms with Crippen LogP contribution >= 0.6 is 11.3 Å². The number of likely N-dealkylation sites (tertiary alicyclic amines) is 1. The van der Waals surface area contributed by atoms with Gasteiger partial charge in [0.1, 0.15) is 6.04 Å². The van der Waals surface area contributed by atoms with Crippen molar-refractivity contribution in [3.8, 4) is 5.13 Å². The van der Waals surface area contributed by atoms with E-state index in [9.17, 15) is 14.7 Å². The molecule has 1 aliphatic carbocycles. The summed E-state index contributed by atoms with van der Waals surface area (Å²) in [4.78, 5) is 30.9. The topological polar surface area (TPSA) is 75.4 Å². The van der Waals surface area contributed by atoms with E-state index in [0.717, 1.165) is 35.8 Å². The van der Waals surface area contributed by atoms with Crippen LogP contribution in [-0.4, -0.2) is 44.0 Å². The van der Waals surface area contributed by atoms with E-state index in [1.54, 1.807) is 11.1 Å². The number of aryl methyl sites for hydroxylation is 1. The standard InChI is InChI=1S/C18H21N3O3S/c1-10-8-14(11(2)21(10)18-19-6-7-25-18)16(22)20-9-12-4-3-5-13(12)15(20)17(23)24/h6-8,12-13,15H,3-5,9H2,1-2H3,(H,23,24). The van der Waals surface area contributed by atoms with Crippen LogP contribution in [0.3, 0.4) is 0 Å². The van der Waals surface area contributed by atoms with Gasteiger partial charge in [-0.3, -0.25) is 9.36 Å². The van der Waals surface area contributed by atoms with Crippen molar-refractivity contribution in [1.82, 2.24) is 14.5 Å². The second-order valence-corrected chi connectivity index (χ2v) is 7.90. The van der Waals surface area contributed by atoms with Gasteiger partial charge in [0.05, 0.1) is 5.56 Å². The highest BCUT2D eigenvalue weighted by Crippen LogP contribution is 2.43. The predicted octanol–water partition coefficient (Wildman–Crippen LogP) is 2.88. The second kappa shape index (κ2) is 5.98. The van der Waals surface area contributed by atoms with Crippen LogP contribution in [-0.2, 0) is 4.79 Å². The molecule has 1 saturated heterocycles. The Morgan fingerprint density at radius 1 is 1.32 bits per heavy atom. The summed E-state index contributed by atoms with van der Waals surface area (Å²) in [5.74, 6) is -0.620. The molecule has 25 heavy (non-hydrogen) atoms. The minimum atomic E-state index is -0.878. The third-order valence-electron chi connectivity index (χ3n) is 5.68. The first-order valence-electron chi connectivity index (χ1n) is 8.61. The van der Waals surface area contributed by atoms with E-state index in [4.69, 9.17) is 0 Å². The van der Waals surface area contributed by atoms with Gasteiger partial charge in [0, 0.05) is 29.5 Å². The van der Waals surface area contributed by atoms with Crippen molar-refractivity contribution >= 4 is 23.2 Å². The van der Waals surface area contributed by atoms with Crippen LogP contribution in [0, 0.1) is 25.7 Å². The molecule has 0 aromatic carbocycles. The average molecular weight is 359 g/mol. The van der Waals surface area contributed by atoms with Gasteiger partial charge in [0.25, 0.3) is 5.91 Å². The van der Waals surface area contributed by atoms with Gasteiger partial charge in [0.15, 0.2) is 5.13 Å². The number of hydrogen-bond acceptors (Lipinski definition) is 4. The van der Waals surface area contributed by atoms with Crippen LogP contribution in [0.5, 0.6) is 0 Å². The lowest BCUT2D eigenvalue weighted by Crippen LogP contribution is -2.43. The zero-order valence-electron chi connectivity index (χ0n) is 14.3. The third-order valence-corrected chi connectivity index (χ3v) is 6.43. The Balaban J connectivity index is 1.70. The molecule has 0 spiro atoms. The van der Waals surface area contributed by atoms with E-state index >= 15 is 0 Å². The Bertz CT molecular complexity index is 827. The van der Waals surface area contributed by atoms with Crippen molar-refractivity contribution in [2.45, 2.75) is 39.2 Å². The van der Waals surface area contributed by atoms with E-state index in [-0.39, 0.29) is 11.8 Å². The lowest BCUT2D eigenvalue weighted by Gasteiger charge is -2.24. The third kappa shape index (κ3) is 2.49. The van der Waals surface area contributed by atoms with Gasteiger partial charge in [-0.2, -0.15) is 0 Å². The summed E-state index contributed by atoms with van der Waals surface area (Å²) in [6.07, 6.45) is 4.74. The van der Waals surface area contributed by atoms with Gasteiger partial charge in [-0.1, -0.05) is 6.42 Å². The maximum atomic E-state index is 13.2. The Morgan fingerprint density at radius 3 is 2.80 bits per heavy atom. The summed E-state index contributed by atoms with van der Waals surface area (Å²) in [7, 11) is 0. The molecule has 4 rings (SSSR count). The number of carboxylic acids is 1. The van der Waals surface area contributed by atoms with Crippen molar-refractivity contribution in [3.63, 3.8) is 0 Å². The zero-order valence-corrected chi connectivity index (χ0v) is 15.1. The van der Waals surface area contributed by atoms with Gasteiger partial charge in [-0.05, 0) is 44.6 Å². The molecule has 2 aliphatic rings. The molecule has 1 amide bonds. The normalized spacial score (nSPS) is 25.4. The summed E-state index contributed by atoms with van der Waals surface area (Å²) in [5.41, 5.74) is 2.33. The molecular formula is C18H21N3O3S. The van der Waals surface area contributed by atoms with Crippen molar-refractivity contribution in [1.29, 1.82) is 0 Å². The number of aliphatic carboxylic acids is 1. The molecule has 6 nitrogen and oxygen atoms in total. The molecule has 7 heteroatoms. The fraction of sp³-hybridized carbons (Fsp3) is 0.500. The van der Waals surface area contributed by atoms with Gasteiger partial charge < -0.3 is 10.0 Å². The molecule has 0 bridgehead atoms. The molecule has 3 unspecified atom stereocenters. The number of thiazole rings is 1.